The molecular weight excluding hydrogens is 200 g/mol. The first-order valence-electron chi connectivity index (χ1n) is 6.82. The minimum absolute atomic E-state index is 0.300. The van der Waals surface area contributed by atoms with E-state index in [1.807, 2.05) is 0 Å². The van der Waals surface area contributed by atoms with Crippen molar-refractivity contribution in [2.75, 3.05) is 26.7 Å². The van der Waals surface area contributed by atoms with Gasteiger partial charge < -0.3 is 15.3 Å². The number of hydrogen-bond acceptors (Lipinski definition) is 3. The molecule has 0 aromatic heterocycles. The quantitative estimate of drug-likeness (QED) is 0.695. The highest BCUT2D eigenvalue weighted by Crippen LogP contribution is 2.17. The zero-order chi connectivity index (χ0) is 11.8. The lowest BCUT2D eigenvalue weighted by molar-refractivity contribution is 0.173. The van der Waals surface area contributed by atoms with Gasteiger partial charge in [0.15, 0.2) is 0 Å². The Morgan fingerprint density at radius 3 is 2.88 bits per heavy atom. The average Bonchev–Trinajstić information content (AvgIpc) is 2.30. The van der Waals surface area contributed by atoms with E-state index >= 15 is 0 Å². The molecule has 1 heterocycles. The molecule has 0 aromatic rings. The number of likely N-dealkylation sites (tertiary alicyclic amines) is 1. The van der Waals surface area contributed by atoms with Gasteiger partial charge in [0.25, 0.3) is 0 Å². The maximum absolute atomic E-state index is 8.91. The van der Waals surface area contributed by atoms with Crippen molar-refractivity contribution in [2.45, 2.75) is 57.5 Å². The van der Waals surface area contributed by atoms with Crippen LogP contribution in [0.25, 0.3) is 0 Å². The second-order valence-corrected chi connectivity index (χ2v) is 4.99. The van der Waals surface area contributed by atoms with Gasteiger partial charge in [0.1, 0.15) is 0 Å². The summed E-state index contributed by atoms with van der Waals surface area (Å²) < 4.78 is 0. The molecule has 1 saturated heterocycles. The van der Waals surface area contributed by atoms with E-state index in [4.69, 9.17) is 5.11 Å². The Bertz CT molecular complexity index is 175. The first-order chi connectivity index (χ1) is 7.77. The van der Waals surface area contributed by atoms with Crippen molar-refractivity contribution in [1.29, 1.82) is 0 Å². The molecule has 3 heteroatoms. The summed E-state index contributed by atoms with van der Waals surface area (Å²) in [5, 5.41) is 12.5. The number of aliphatic hydroxyl groups is 1. The van der Waals surface area contributed by atoms with E-state index in [2.05, 4.69) is 24.2 Å². The monoisotopic (exact) mass is 228 g/mol. The van der Waals surface area contributed by atoms with Gasteiger partial charge in [0, 0.05) is 18.7 Å². The number of rotatable bonds is 7. The summed E-state index contributed by atoms with van der Waals surface area (Å²) in [5.41, 5.74) is 0. The van der Waals surface area contributed by atoms with Crippen LogP contribution in [0.1, 0.15) is 45.4 Å². The zero-order valence-electron chi connectivity index (χ0n) is 10.9. The molecular formula is C13H28N2O. The highest BCUT2D eigenvalue weighted by Gasteiger charge is 2.18. The normalized spacial score (nSPS) is 24.6. The number of piperidine rings is 1. The number of nitrogens with one attached hydrogen (secondary N) is 1. The molecule has 3 nitrogen and oxygen atoms in total. The largest absolute Gasteiger partial charge is 0.396 e. The van der Waals surface area contributed by atoms with Crippen LogP contribution in [-0.4, -0.2) is 48.8 Å². The first-order valence-corrected chi connectivity index (χ1v) is 6.82. The van der Waals surface area contributed by atoms with E-state index < -0.39 is 0 Å². The summed E-state index contributed by atoms with van der Waals surface area (Å²) in [7, 11) is 2.24. The van der Waals surface area contributed by atoms with Gasteiger partial charge in [-0.15, -0.1) is 0 Å². The smallest absolute Gasteiger partial charge is 0.0445 e. The third-order valence-corrected chi connectivity index (χ3v) is 3.80. The van der Waals surface area contributed by atoms with Crippen LogP contribution in [0.3, 0.4) is 0 Å². The van der Waals surface area contributed by atoms with Crippen molar-refractivity contribution < 1.29 is 5.11 Å². The van der Waals surface area contributed by atoms with Crippen LogP contribution in [0.4, 0.5) is 0 Å². The Morgan fingerprint density at radius 1 is 1.44 bits per heavy atom. The average molecular weight is 228 g/mol. The molecule has 2 unspecified atom stereocenters. The number of hydrogen-bond donors (Lipinski definition) is 2. The van der Waals surface area contributed by atoms with Gasteiger partial charge >= 0.3 is 0 Å². The molecule has 2 N–H and O–H groups in total. The van der Waals surface area contributed by atoms with Gasteiger partial charge in [-0.2, -0.15) is 0 Å². The predicted molar refractivity (Wildman–Crippen MR) is 68.7 cm³/mol. The standard InChI is InChI=1S/C13H28N2O/c1-3-12(8-11-16)14-9-7-13-6-4-5-10-15(13)2/h12-14,16H,3-11H2,1-2H3. The van der Waals surface area contributed by atoms with Crippen LogP contribution in [-0.2, 0) is 0 Å². The Morgan fingerprint density at radius 2 is 2.25 bits per heavy atom. The molecule has 1 fully saturated rings. The second kappa shape index (κ2) is 8.04. The maximum Gasteiger partial charge on any atom is 0.0445 e. The Kier molecular flexibility index (Phi) is 7.01. The summed E-state index contributed by atoms with van der Waals surface area (Å²) in [6.45, 7) is 4.83. The lowest BCUT2D eigenvalue weighted by Gasteiger charge is -2.33. The molecule has 0 aromatic carbocycles. The maximum atomic E-state index is 8.91. The summed E-state index contributed by atoms with van der Waals surface area (Å²) in [5.74, 6) is 0. The molecule has 0 bridgehead atoms. The summed E-state index contributed by atoms with van der Waals surface area (Å²) >= 11 is 0. The first kappa shape index (κ1) is 13.9. The van der Waals surface area contributed by atoms with Crippen LogP contribution in [0.15, 0.2) is 0 Å². The molecule has 0 saturated carbocycles. The van der Waals surface area contributed by atoms with E-state index in [9.17, 15) is 0 Å². The second-order valence-electron chi connectivity index (χ2n) is 4.99. The van der Waals surface area contributed by atoms with Crippen molar-refractivity contribution in [3.05, 3.63) is 0 Å². The van der Waals surface area contributed by atoms with E-state index in [0.717, 1.165) is 25.4 Å². The summed E-state index contributed by atoms with van der Waals surface area (Å²) in [4.78, 5) is 2.50. The fraction of sp³-hybridized carbons (Fsp3) is 1.00. The van der Waals surface area contributed by atoms with Crippen LogP contribution < -0.4 is 5.32 Å². The van der Waals surface area contributed by atoms with Crippen molar-refractivity contribution in [2.24, 2.45) is 0 Å². The fourth-order valence-corrected chi connectivity index (χ4v) is 2.57. The molecule has 96 valence electrons. The molecule has 1 aliphatic rings. The van der Waals surface area contributed by atoms with Gasteiger partial charge in [-0.05, 0) is 52.2 Å². The minimum Gasteiger partial charge on any atom is -0.396 e. The molecule has 1 aliphatic heterocycles. The Balaban J connectivity index is 2.13. The van der Waals surface area contributed by atoms with E-state index in [1.165, 1.54) is 32.2 Å². The van der Waals surface area contributed by atoms with Gasteiger partial charge in [0.2, 0.25) is 0 Å². The number of nitrogens with zero attached hydrogens (tertiary/aromatic N) is 1. The van der Waals surface area contributed by atoms with Gasteiger partial charge in [-0.1, -0.05) is 13.3 Å². The van der Waals surface area contributed by atoms with E-state index in [-0.39, 0.29) is 0 Å². The van der Waals surface area contributed by atoms with Crippen LogP contribution >= 0.6 is 0 Å². The topological polar surface area (TPSA) is 35.5 Å². The molecule has 0 aliphatic carbocycles. The lowest BCUT2D eigenvalue weighted by Crippen LogP contribution is -2.39. The third kappa shape index (κ3) is 4.81. The Labute approximate surface area is 100 Å². The summed E-state index contributed by atoms with van der Waals surface area (Å²) in [6.07, 6.45) is 7.36. The van der Waals surface area contributed by atoms with Crippen molar-refractivity contribution in [3.8, 4) is 0 Å². The number of aliphatic hydroxyl groups excluding tert-OH is 1. The molecule has 0 spiro atoms. The van der Waals surface area contributed by atoms with Crippen LogP contribution in [0, 0.1) is 0 Å². The predicted octanol–water partition coefficient (Wildman–Crippen LogP) is 1.61. The summed E-state index contributed by atoms with van der Waals surface area (Å²) in [6, 6.07) is 1.27. The molecule has 1 rings (SSSR count). The van der Waals surface area contributed by atoms with Crippen molar-refractivity contribution >= 4 is 0 Å². The SMILES string of the molecule is CCC(CCO)NCCC1CCCCN1C. The minimum atomic E-state index is 0.300. The molecule has 16 heavy (non-hydrogen) atoms. The molecule has 0 radical (unpaired) electrons. The van der Waals surface area contributed by atoms with Gasteiger partial charge in [-0.3, -0.25) is 0 Å². The third-order valence-electron chi connectivity index (χ3n) is 3.80. The van der Waals surface area contributed by atoms with Crippen molar-refractivity contribution in [3.63, 3.8) is 0 Å². The zero-order valence-corrected chi connectivity index (χ0v) is 10.9. The Hall–Kier alpha value is -0.120. The van der Waals surface area contributed by atoms with E-state index in [1.54, 1.807) is 0 Å². The van der Waals surface area contributed by atoms with Gasteiger partial charge in [-0.25, -0.2) is 0 Å². The lowest BCUT2D eigenvalue weighted by atomic mass is 10.00. The van der Waals surface area contributed by atoms with Crippen molar-refractivity contribution in [1.82, 2.24) is 10.2 Å². The van der Waals surface area contributed by atoms with Crippen LogP contribution in [0.5, 0.6) is 0 Å². The molecule has 2 atom stereocenters. The highest BCUT2D eigenvalue weighted by molar-refractivity contribution is 4.75. The fourth-order valence-electron chi connectivity index (χ4n) is 2.57. The van der Waals surface area contributed by atoms with E-state index in [0.29, 0.717) is 12.6 Å². The van der Waals surface area contributed by atoms with Gasteiger partial charge in [0.05, 0.1) is 0 Å². The highest BCUT2D eigenvalue weighted by atomic mass is 16.3. The van der Waals surface area contributed by atoms with Crippen LogP contribution in [0.2, 0.25) is 0 Å². The molecule has 0 amide bonds.